The Hall–Kier alpha value is -1.66. The van der Waals surface area contributed by atoms with Gasteiger partial charge in [0.25, 0.3) is 0 Å². The summed E-state index contributed by atoms with van der Waals surface area (Å²) in [6.45, 7) is 4.05. The third-order valence-corrected chi connectivity index (χ3v) is 7.19. The first-order valence-corrected chi connectivity index (χ1v) is 10.3. The van der Waals surface area contributed by atoms with Crippen molar-refractivity contribution in [2.45, 2.75) is 44.9 Å². The Morgan fingerprint density at radius 3 is 2.11 bits per heavy atom. The molecule has 4 nitrogen and oxygen atoms in total. The topological polar surface area (TPSA) is 74.6 Å². The molecule has 2 aromatic rings. The van der Waals surface area contributed by atoms with Crippen LogP contribution in [0.2, 0.25) is 0 Å². The summed E-state index contributed by atoms with van der Waals surface area (Å²) in [6.07, 6.45) is 0.691. The number of rotatable bonds is 6. The normalized spacial score (nSPS) is 13.9. The first kappa shape index (κ1) is 20.1. The van der Waals surface area contributed by atoms with Gasteiger partial charge in [-0.1, -0.05) is 37.9 Å². The van der Waals surface area contributed by atoms with E-state index in [2.05, 4.69) is 37.9 Å². The van der Waals surface area contributed by atoms with E-state index in [9.17, 15) is 19.8 Å². The number of carboxylic acids is 2. The molecular formula is C21H20Br2O4. The highest BCUT2D eigenvalue weighted by molar-refractivity contribution is 9.10. The molecule has 0 fully saturated rings. The molecule has 1 aliphatic rings. The van der Waals surface area contributed by atoms with Crippen LogP contribution in [0.1, 0.15) is 47.9 Å². The molecule has 0 amide bonds. The van der Waals surface area contributed by atoms with Gasteiger partial charge in [-0.25, -0.2) is 0 Å². The van der Waals surface area contributed by atoms with Crippen LogP contribution in [0.5, 0.6) is 0 Å². The smallest absolute Gasteiger partial charge is 0.303 e. The average Bonchev–Trinajstić information content (AvgIpc) is 2.86. The highest BCUT2D eigenvalue weighted by Crippen LogP contribution is 2.56. The SMILES string of the molecule is Cc1cc2c(c(C)c1Br)C(CCC(=O)O)(CCC(=O)O)c1cc(Br)ccc1-2. The molecule has 0 unspecified atom stereocenters. The molecule has 0 aliphatic heterocycles. The predicted octanol–water partition coefficient (Wildman–Crippen LogP) is 5.82. The molecule has 2 aromatic carbocycles. The van der Waals surface area contributed by atoms with Crippen molar-refractivity contribution in [2.24, 2.45) is 0 Å². The maximum Gasteiger partial charge on any atom is 0.303 e. The summed E-state index contributed by atoms with van der Waals surface area (Å²) in [5.41, 5.74) is 5.71. The number of hydrogen-bond acceptors (Lipinski definition) is 2. The number of carbonyl (C=O) groups is 2. The number of aryl methyl sites for hydroxylation is 1. The van der Waals surface area contributed by atoms with E-state index in [4.69, 9.17) is 0 Å². The Balaban J connectivity index is 2.33. The van der Waals surface area contributed by atoms with Gasteiger partial charge in [-0.2, -0.15) is 0 Å². The summed E-state index contributed by atoms with van der Waals surface area (Å²) in [7, 11) is 0. The van der Waals surface area contributed by atoms with Gasteiger partial charge in [0.1, 0.15) is 0 Å². The van der Waals surface area contributed by atoms with Gasteiger partial charge in [0.05, 0.1) is 0 Å². The van der Waals surface area contributed by atoms with Crippen LogP contribution in [0.4, 0.5) is 0 Å². The fourth-order valence-corrected chi connectivity index (χ4v) is 5.03. The lowest BCUT2D eigenvalue weighted by Gasteiger charge is -2.33. The number of aliphatic carboxylic acids is 2. The van der Waals surface area contributed by atoms with E-state index >= 15 is 0 Å². The van der Waals surface area contributed by atoms with Crippen LogP contribution in [0.15, 0.2) is 33.2 Å². The van der Waals surface area contributed by atoms with Crippen LogP contribution in [-0.2, 0) is 15.0 Å². The van der Waals surface area contributed by atoms with E-state index < -0.39 is 17.4 Å². The van der Waals surface area contributed by atoms with E-state index in [1.807, 2.05) is 32.0 Å². The van der Waals surface area contributed by atoms with Crippen molar-refractivity contribution in [3.8, 4) is 11.1 Å². The summed E-state index contributed by atoms with van der Waals surface area (Å²) in [5, 5.41) is 18.7. The molecule has 3 rings (SSSR count). The summed E-state index contributed by atoms with van der Waals surface area (Å²) in [5.74, 6) is -1.75. The monoisotopic (exact) mass is 494 g/mol. The Bertz CT molecular complexity index is 932. The van der Waals surface area contributed by atoms with Gasteiger partial charge in [-0.3, -0.25) is 9.59 Å². The molecule has 0 bridgehead atoms. The molecule has 27 heavy (non-hydrogen) atoms. The molecular weight excluding hydrogens is 476 g/mol. The second-order valence-electron chi connectivity index (χ2n) is 7.11. The molecule has 142 valence electrons. The second kappa shape index (κ2) is 7.40. The van der Waals surface area contributed by atoms with Crippen LogP contribution in [0.3, 0.4) is 0 Å². The summed E-state index contributed by atoms with van der Waals surface area (Å²) in [6, 6.07) is 8.14. The Morgan fingerprint density at radius 2 is 1.56 bits per heavy atom. The fourth-order valence-electron chi connectivity index (χ4n) is 4.36. The average molecular weight is 496 g/mol. The highest BCUT2D eigenvalue weighted by atomic mass is 79.9. The minimum Gasteiger partial charge on any atom is -0.481 e. The zero-order valence-electron chi connectivity index (χ0n) is 15.1. The standard InChI is InChI=1S/C21H20Br2O4/c1-11-9-15-14-4-3-13(22)10-16(14)21(7-5-17(24)25,8-6-18(26)27)19(15)12(2)20(11)23/h3-4,9-10H,5-8H2,1-2H3,(H,24,25)(H,26,27). The molecule has 1 aliphatic carbocycles. The summed E-state index contributed by atoms with van der Waals surface area (Å²) in [4.78, 5) is 22.8. The Labute approximate surface area is 174 Å². The van der Waals surface area contributed by atoms with Crippen molar-refractivity contribution < 1.29 is 19.8 Å². The van der Waals surface area contributed by atoms with Gasteiger partial charge in [-0.05, 0) is 78.3 Å². The molecule has 2 N–H and O–H groups in total. The number of fused-ring (bicyclic) bond motifs is 3. The number of carboxylic acid groups (broad SMARTS) is 2. The van der Waals surface area contributed by atoms with Gasteiger partial charge < -0.3 is 10.2 Å². The maximum atomic E-state index is 11.4. The van der Waals surface area contributed by atoms with E-state index in [0.29, 0.717) is 12.8 Å². The Morgan fingerprint density at radius 1 is 0.963 bits per heavy atom. The lowest BCUT2D eigenvalue weighted by Crippen LogP contribution is -2.28. The second-order valence-corrected chi connectivity index (χ2v) is 8.82. The van der Waals surface area contributed by atoms with Gasteiger partial charge in [0.15, 0.2) is 0 Å². The number of hydrogen-bond donors (Lipinski definition) is 2. The van der Waals surface area contributed by atoms with Crippen molar-refractivity contribution in [2.75, 3.05) is 0 Å². The van der Waals surface area contributed by atoms with Gasteiger partial charge >= 0.3 is 11.9 Å². The predicted molar refractivity (Wildman–Crippen MR) is 111 cm³/mol. The number of benzene rings is 2. The minimum atomic E-state index is -0.876. The lowest BCUT2D eigenvalue weighted by molar-refractivity contribution is -0.137. The molecule has 6 heteroatoms. The molecule has 0 spiro atoms. The summed E-state index contributed by atoms with van der Waals surface area (Å²) < 4.78 is 1.89. The largest absolute Gasteiger partial charge is 0.481 e. The first-order chi connectivity index (χ1) is 12.7. The van der Waals surface area contributed by atoms with Gasteiger partial charge in [0, 0.05) is 27.2 Å². The van der Waals surface area contributed by atoms with Gasteiger partial charge in [-0.15, -0.1) is 0 Å². The van der Waals surface area contributed by atoms with Crippen molar-refractivity contribution in [1.29, 1.82) is 0 Å². The first-order valence-electron chi connectivity index (χ1n) is 8.71. The molecule has 0 heterocycles. The lowest BCUT2D eigenvalue weighted by atomic mass is 9.70. The quantitative estimate of drug-likeness (QED) is 0.529. The zero-order valence-corrected chi connectivity index (χ0v) is 18.3. The molecule has 0 aromatic heterocycles. The van der Waals surface area contributed by atoms with Gasteiger partial charge in [0.2, 0.25) is 0 Å². The van der Waals surface area contributed by atoms with Crippen LogP contribution in [0, 0.1) is 13.8 Å². The maximum absolute atomic E-state index is 11.4. The Kier molecular flexibility index (Phi) is 5.50. The van der Waals surface area contributed by atoms with Crippen LogP contribution < -0.4 is 0 Å². The van der Waals surface area contributed by atoms with Crippen molar-refractivity contribution in [3.05, 3.63) is 55.5 Å². The van der Waals surface area contributed by atoms with E-state index in [-0.39, 0.29) is 12.8 Å². The van der Waals surface area contributed by atoms with Crippen molar-refractivity contribution >= 4 is 43.8 Å². The van der Waals surface area contributed by atoms with Crippen LogP contribution in [0.25, 0.3) is 11.1 Å². The zero-order chi connectivity index (χ0) is 19.9. The third kappa shape index (κ3) is 3.45. The molecule has 0 radical (unpaired) electrons. The molecule has 0 saturated carbocycles. The van der Waals surface area contributed by atoms with E-state index in [1.165, 1.54) is 0 Å². The summed E-state index contributed by atoms with van der Waals surface area (Å²) >= 11 is 7.19. The van der Waals surface area contributed by atoms with Crippen molar-refractivity contribution in [3.63, 3.8) is 0 Å². The molecule has 0 saturated heterocycles. The third-order valence-electron chi connectivity index (χ3n) is 5.48. The number of halogens is 2. The van der Waals surface area contributed by atoms with Crippen LogP contribution >= 0.6 is 31.9 Å². The molecule has 0 atom stereocenters. The highest BCUT2D eigenvalue weighted by Gasteiger charge is 2.45. The van der Waals surface area contributed by atoms with E-state index in [0.717, 1.165) is 42.3 Å². The minimum absolute atomic E-state index is 0.0179. The van der Waals surface area contributed by atoms with Crippen molar-refractivity contribution in [1.82, 2.24) is 0 Å². The fraction of sp³-hybridized carbons (Fsp3) is 0.333. The van der Waals surface area contributed by atoms with Crippen LogP contribution in [-0.4, -0.2) is 22.2 Å². The van der Waals surface area contributed by atoms with E-state index in [1.54, 1.807) is 0 Å².